The summed E-state index contributed by atoms with van der Waals surface area (Å²) in [4.78, 5) is 0.0676. The summed E-state index contributed by atoms with van der Waals surface area (Å²) < 4.78 is 13.7. The smallest absolute Gasteiger partial charge is 0.135 e. The minimum absolute atomic E-state index is 0.0676. The Balaban J connectivity index is 2.12. The van der Waals surface area contributed by atoms with E-state index in [-0.39, 0.29) is 10.6 Å². The van der Waals surface area contributed by atoms with Crippen molar-refractivity contribution in [2.45, 2.75) is 12.8 Å². The third-order valence-corrected chi connectivity index (χ3v) is 3.43. The van der Waals surface area contributed by atoms with Crippen LogP contribution >= 0.6 is 12.2 Å². The summed E-state index contributed by atoms with van der Waals surface area (Å²) in [6.07, 6.45) is 0. The summed E-state index contributed by atoms with van der Waals surface area (Å²) in [5.41, 5.74) is 7.73. The predicted molar refractivity (Wildman–Crippen MR) is 85.6 cm³/mol. The molecule has 0 radical (unpaired) electrons. The lowest BCUT2D eigenvalue weighted by Gasteiger charge is -2.16. The van der Waals surface area contributed by atoms with E-state index >= 15 is 0 Å². The normalized spacial score (nSPS) is 11.9. The van der Waals surface area contributed by atoms with Crippen molar-refractivity contribution in [1.82, 2.24) is 0 Å². The van der Waals surface area contributed by atoms with Crippen molar-refractivity contribution in [1.29, 1.82) is 0 Å². The molecule has 0 amide bonds. The molecule has 2 rings (SSSR count). The zero-order chi connectivity index (χ0) is 14.5. The molecule has 0 saturated carbocycles. The average Bonchev–Trinajstić information content (AvgIpc) is 2.45. The number of thiocarbonyl (C=S) groups is 1. The number of hydrogen-bond acceptors (Lipinski definition) is 2. The lowest BCUT2D eigenvalue weighted by Crippen LogP contribution is -2.17. The van der Waals surface area contributed by atoms with Gasteiger partial charge in [0.15, 0.2) is 0 Å². The fourth-order valence-electron chi connectivity index (χ4n) is 2.08. The number of anilines is 1. The van der Waals surface area contributed by atoms with Crippen LogP contribution in [0.15, 0.2) is 48.5 Å². The first kappa shape index (κ1) is 14.5. The largest absolute Gasteiger partial charge is 0.389 e. The van der Waals surface area contributed by atoms with Gasteiger partial charge in [0.05, 0.1) is 5.56 Å². The Labute approximate surface area is 123 Å². The van der Waals surface area contributed by atoms with E-state index in [1.54, 1.807) is 12.1 Å². The SMILES string of the molecule is CC(CNc1cccc(F)c1C(N)=S)c1ccccc1. The van der Waals surface area contributed by atoms with E-state index in [0.717, 1.165) is 0 Å². The molecule has 20 heavy (non-hydrogen) atoms. The molecule has 0 bridgehead atoms. The first-order valence-electron chi connectivity index (χ1n) is 6.46. The Bertz CT molecular complexity index is 599. The lowest BCUT2D eigenvalue weighted by atomic mass is 10.0. The Morgan fingerprint density at radius 1 is 1.20 bits per heavy atom. The second kappa shape index (κ2) is 6.48. The molecule has 2 nitrogen and oxygen atoms in total. The summed E-state index contributed by atoms with van der Waals surface area (Å²) in [6.45, 7) is 2.80. The molecule has 0 fully saturated rings. The van der Waals surface area contributed by atoms with E-state index in [2.05, 4.69) is 24.4 Å². The van der Waals surface area contributed by atoms with Crippen molar-refractivity contribution >= 4 is 22.9 Å². The lowest BCUT2D eigenvalue weighted by molar-refractivity contribution is 0.625. The fourth-order valence-corrected chi connectivity index (χ4v) is 2.29. The van der Waals surface area contributed by atoms with Gasteiger partial charge in [-0.25, -0.2) is 4.39 Å². The van der Waals surface area contributed by atoms with Gasteiger partial charge in [0.2, 0.25) is 0 Å². The molecule has 1 unspecified atom stereocenters. The van der Waals surface area contributed by atoms with E-state index in [9.17, 15) is 4.39 Å². The van der Waals surface area contributed by atoms with Crippen molar-refractivity contribution in [3.63, 3.8) is 0 Å². The van der Waals surface area contributed by atoms with Crippen LogP contribution in [0.4, 0.5) is 10.1 Å². The minimum Gasteiger partial charge on any atom is -0.389 e. The molecule has 0 aliphatic rings. The fraction of sp³-hybridized carbons (Fsp3) is 0.188. The highest BCUT2D eigenvalue weighted by Gasteiger charge is 2.12. The number of benzene rings is 2. The second-order valence-electron chi connectivity index (χ2n) is 4.72. The number of nitrogens with one attached hydrogen (secondary N) is 1. The van der Waals surface area contributed by atoms with E-state index in [1.165, 1.54) is 11.6 Å². The number of hydrogen-bond donors (Lipinski definition) is 2. The highest BCUT2D eigenvalue weighted by Crippen LogP contribution is 2.21. The van der Waals surface area contributed by atoms with Gasteiger partial charge in [0.25, 0.3) is 0 Å². The summed E-state index contributed by atoms with van der Waals surface area (Å²) in [5.74, 6) is -0.0893. The maximum Gasteiger partial charge on any atom is 0.135 e. The molecular formula is C16H17FN2S. The Hall–Kier alpha value is -1.94. The van der Waals surface area contributed by atoms with Gasteiger partial charge in [0.1, 0.15) is 10.8 Å². The highest BCUT2D eigenvalue weighted by molar-refractivity contribution is 7.80. The first-order chi connectivity index (χ1) is 9.59. The van der Waals surface area contributed by atoms with Crippen LogP contribution in [0.5, 0.6) is 0 Å². The molecule has 0 saturated heterocycles. The maximum atomic E-state index is 13.7. The quantitative estimate of drug-likeness (QED) is 0.824. The van der Waals surface area contributed by atoms with Crippen LogP contribution in [0.1, 0.15) is 24.0 Å². The summed E-state index contributed by atoms with van der Waals surface area (Å²) in [7, 11) is 0. The van der Waals surface area contributed by atoms with Crippen LogP contribution in [0.3, 0.4) is 0 Å². The van der Waals surface area contributed by atoms with E-state index in [0.29, 0.717) is 18.2 Å². The number of rotatable bonds is 5. The summed E-state index contributed by atoms with van der Waals surface area (Å²) in [6, 6.07) is 14.9. The molecule has 0 aliphatic heterocycles. The topological polar surface area (TPSA) is 38.0 Å². The molecule has 2 aromatic rings. The number of halogens is 1. The molecule has 0 spiro atoms. The second-order valence-corrected chi connectivity index (χ2v) is 5.16. The van der Waals surface area contributed by atoms with Gasteiger partial charge in [-0.1, -0.05) is 55.5 Å². The molecule has 1 atom stereocenters. The van der Waals surface area contributed by atoms with Crippen molar-refractivity contribution < 1.29 is 4.39 Å². The van der Waals surface area contributed by atoms with Gasteiger partial charge < -0.3 is 11.1 Å². The van der Waals surface area contributed by atoms with Crippen LogP contribution in [-0.4, -0.2) is 11.5 Å². The minimum atomic E-state index is -0.394. The van der Waals surface area contributed by atoms with Gasteiger partial charge in [-0.2, -0.15) is 0 Å². The van der Waals surface area contributed by atoms with Crippen LogP contribution in [0, 0.1) is 5.82 Å². The standard InChI is InChI=1S/C16H17FN2S/c1-11(12-6-3-2-4-7-12)10-19-14-9-5-8-13(17)15(14)16(18)20/h2-9,11,19H,10H2,1H3,(H2,18,20). The van der Waals surface area contributed by atoms with Gasteiger partial charge in [-0.3, -0.25) is 0 Å². The first-order valence-corrected chi connectivity index (χ1v) is 6.87. The highest BCUT2D eigenvalue weighted by atomic mass is 32.1. The zero-order valence-electron chi connectivity index (χ0n) is 11.3. The predicted octanol–water partition coefficient (Wildman–Crippen LogP) is 3.68. The van der Waals surface area contributed by atoms with Gasteiger partial charge >= 0.3 is 0 Å². The monoisotopic (exact) mass is 288 g/mol. The Morgan fingerprint density at radius 3 is 2.55 bits per heavy atom. The van der Waals surface area contributed by atoms with Crippen LogP contribution in [-0.2, 0) is 0 Å². The van der Waals surface area contributed by atoms with Gasteiger partial charge in [-0.05, 0) is 23.6 Å². The van der Waals surface area contributed by atoms with Crippen LogP contribution in [0.25, 0.3) is 0 Å². The number of nitrogens with two attached hydrogens (primary N) is 1. The van der Waals surface area contributed by atoms with E-state index in [1.807, 2.05) is 18.2 Å². The summed E-state index contributed by atoms with van der Waals surface area (Å²) in [5, 5.41) is 3.23. The average molecular weight is 288 g/mol. The van der Waals surface area contributed by atoms with Crippen molar-refractivity contribution in [3.8, 4) is 0 Å². The van der Waals surface area contributed by atoms with Crippen molar-refractivity contribution in [2.24, 2.45) is 5.73 Å². The van der Waals surface area contributed by atoms with Crippen LogP contribution < -0.4 is 11.1 Å². The van der Waals surface area contributed by atoms with Crippen molar-refractivity contribution in [3.05, 3.63) is 65.5 Å². The van der Waals surface area contributed by atoms with Gasteiger partial charge in [0, 0.05) is 12.2 Å². The van der Waals surface area contributed by atoms with Crippen molar-refractivity contribution in [2.75, 3.05) is 11.9 Å². The third-order valence-electron chi connectivity index (χ3n) is 3.23. The molecule has 0 aromatic heterocycles. The molecule has 0 aliphatic carbocycles. The molecular weight excluding hydrogens is 271 g/mol. The van der Waals surface area contributed by atoms with Gasteiger partial charge in [-0.15, -0.1) is 0 Å². The molecule has 0 heterocycles. The van der Waals surface area contributed by atoms with E-state index in [4.69, 9.17) is 18.0 Å². The van der Waals surface area contributed by atoms with Crippen LogP contribution in [0.2, 0.25) is 0 Å². The molecule has 3 N–H and O–H groups in total. The molecule has 4 heteroatoms. The molecule has 2 aromatic carbocycles. The maximum absolute atomic E-state index is 13.7. The summed E-state index contributed by atoms with van der Waals surface area (Å²) >= 11 is 4.91. The zero-order valence-corrected chi connectivity index (χ0v) is 12.1. The Kier molecular flexibility index (Phi) is 4.69. The van der Waals surface area contributed by atoms with E-state index < -0.39 is 5.82 Å². The Morgan fingerprint density at radius 2 is 1.90 bits per heavy atom. The third kappa shape index (κ3) is 3.33. The molecule has 104 valence electrons.